The molecular weight excluding hydrogens is 525 g/mol. The van der Waals surface area contributed by atoms with Gasteiger partial charge < -0.3 is 34.1 Å². The maximum atomic E-state index is 15.1. The molecule has 3 aliphatic heterocycles. The number of amides is 1. The molecule has 0 radical (unpaired) electrons. The van der Waals surface area contributed by atoms with Crippen LogP contribution in [0.3, 0.4) is 0 Å². The third-order valence-corrected chi connectivity index (χ3v) is 7.31. The fourth-order valence-electron chi connectivity index (χ4n) is 5.20. The van der Waals surface area contributed by atoms with Gasteiger partial charge in [-0.2, -0.15) is 4.39 Å². The van der Waals surface area contributed by atoms with Crippen molar-refractivity contribution in [2.24, 2.45) is 0 Å². The number of hydrogen-bond acceptors (Lipinski definition) is 10. The highest BCUT2D eigenvalue weighted by Crippen LogP contribution is 2.37. The number of alkyl halides is 1. The molecule has 0 aliphatic carbocycles. The summed E-state index contributed by atoms with van der Waals surface area (Å²) < 4.78 is 45.5. The Morgan fingerprint density at radius 2 is 2.00 bits per heavy atom. The lowest BCUT2D eigenvalue weighted by Crippen LogP contribution is -2.43. The van der Waals surface area contributed by atoms with E-state index in [0.717, 1.165) is 19.3 Å². The van der Waals surface area contributed by atoms with E-state index in [-0.39, 0.29) is 31.4 Å². The van der Waals surface area contributed by atoms with Gasteiger partial charge in [0, 0.05) is 18.6 Å². The fraction of sp³-hybridized carbons (Fsp3) is 0.556. The Hall–Kier alpha value is -3.07. The van der Waals surface area contributed by atoms with Crippen molar-refractivity contribution in [3.63, 3.8) is 0 Å². The number of halogens is 1. The van der Waals surface area contributed by atoms with Crippen LogP contribution >= 0.6 is 0 Å². The van der Waals surface area contributed by atoms with Crippen molar-refractivity contribution < 1.29 is 38.0 Å². The first-order chi connectivity index (χ1) is 19.5. The normalized spacial score (nSPS) is 30.9. The van der Waals surface area contributed by atoms with E-state index in [1.165, 1.54) is 12.7 Å². The summed E-state index contributed by atoms with van der Waals surface area (Å²) in [5.74, 6) is -0.141. The van der Waals surface area contributed by atoms with Crippen LogP contribution in [0, 0.1) is 0 Å². The van der Waals surface area contributed by atoms with Gasteiger partial charge in [0.05, 0.1) is 19.5 Å². The van der Waals surface area contributed by atoms with Crippen molar-refractivity contribution in [2.45, 2.75) is 75.4 Å². The highest BCUT2D eigenvalue weighted by Gasteiger charge is 2.49. The summed E-state index contributed by atoms with van der Waals surface area (Å²) in [6.07, 6.45) is 2.40. The second-order valence-corrected chi connectivity index (χ2v) is 10.1. The Labute approximate surface area is 229 Å². The summed E-state index contributed by atoms with van der Waals surface area (Å²) in [6, 6.07) is 6.51. The van der Waals surface area contributed by atoms with Crippen LogP contribution in [0.25, 0.3) is 11.2 Å². The van der Waals surface area contributed by atoms with Gasteiger partial charge in [0.25, 0.3) is 5.91 Å². The Kier molecular flexibility index (Phi) is 8.01. The second-order valence-electron chi connectivity index (χ2n) is 10.1. The molecule has 3 aromatic rings. The topological polar surface area (TPSA) is 139 Å². The lowest BCUT2D eigenvalue weighted by atomic mass is 10.1. The molecule has 3 fully saturated rings. The van der Waals surface area contributed by atoms with E-state index < -0.39 is 36.9 Å². The number of nitrogens with one attached hydrogen (secondary N) is 1. The quantitative estimate of drug-likeness (QED) is 0.425. The first-order valence-corrected chi connectivity index (χ1v) is 13.6. The number of fused-ring (bicyclic) bond motifs is 1. The molecule has 0 saturated carbocycles. The SMILES string of the molecule is O=C(Nc1ncnc2c1ncn2[C@@H]1O[C@H](COC2(F)CCCCO2)[C@@H](OC2CCCCO2)[C@@H]1O)c1ccccc1. The number of rotatable bonds is 8. The molecule has 2 N–H and O–H groups in total. The van der Waals surface area contributed by atoms with Crippen molar-refractivity contribution in [1.29, 1.82) is 0 Å². The monoisotopic (exact) mass is 557 g/mol. The zero-order valence-electron chi connectivity index (χ0n) is 21.9. The van der Waals surface area contributed by atoms with Crippen LogP contribution in [0.4, 0.5) is 10.2 Å². The van der Waals surface area contributed by atoms with Crippen LogP contribution in [0.2, 0.25) is 0 Å². The molecule has 1 aromatic carbocycles. The van der Waals surface area contributed by atoms with Crippen molar-refractivity contribution in [3.8, 4) is 0 Å². The van der Waals surface area contributed by atoms with Gasteiger partial charge in [0.1, 0.15) is 24.6 Å². The van der Waals surface area contributed by atoms with Crippen molar-refractivity contribution in [2.75, 3.05) is 25.1 Å². The van der Waals surface area contributed by atoms with E-state index in [4.69, 9.17) is 23.7 Å². The van der Waals surface area contributed by atoms with Crippen molar-refractivity contribution in [1.82, 2.24) is 19.5 Å². The summed E-state index contributed by atoms with van der Waals surface area (Å²) in [5, 5.41) is 14.2. The lowest BCUT2D eigenvalue weighted by molar-refractivity contribution is -0.340. The van der Waals surface area contributed by atoms with Crippen LogP contribution in [-0.4, -0.2) is 81.0 Å². The molecule has 13 heteroatoms. The molecule has 0 spiro atoms. The van der Waals surface area contributed by atoms with Crippen molar-refractivity contribution in [3.05, 3.63) is 48.5 Å². The molecule has 3 saturated heterocycles. The first-order valence-electron chi connectivity index (χ1n) is 13.6. The Bertz CT molecular complexity index is 1300. The molecule has 0 bridgehead atoms. The maximum Gasteiger partial charge on any atom is 0.320 e. The number of nitrogens with zero attached hydrogens (tertiary/aromatic N) is 4. The van der Waals surface area contributed by atoms with Gasteiger partial charge in [-0.3, -0.25) is 9.36 Å². The molecule has 5 heterocycles. The largest absolute Gasteiger partial charge is 0.386 e. The van der Waals surface area contributed by atoms with Gasteiger partial charge in [-0.15, -0.1) is 0 Å². The average Bonchev–Trinajstić information content (AvgIpc) is 3.55. The number of aliphatic hydroxyl groups is 1. The van der Waals surface area contributed by atoms with Gasteiger partial charge in [0.2, 0.25) is 0 Å². The average molecular weight is 558 g/mol. The minimum atomic E-state index is -2.21. The fourth-order valence-corrected chi connectivity index (χ4v) is 5.20. The van der Waals surface area contributed by atoms with Crippen LogP contribution in [-0.2, 0) is 23.7 Å². The van der Waals surface area contributed by atoms with E-state index in [2.05, 4.69) is 20.3 Å². The summed E-state index contributed by atoms with van der Waals surface area (Å²) in [5.41, 5.74) is 1.10. The van der Waals surface area contributed by atoms with Gasteiger partial charge in [0.15, 0.2) is 29.5 Å². The first kappa shape index (κ1) is 27.1. The molecule has 2 aromatic heterocycles. The minimum Gasteiger partial charge on any atom is -0.386 e. The highest BCUT2D eigenvalue weighted by molar-refractivity contribution is 6.06. The third-order valence-electron chi connectivity index (χ3n) is 7.31. The molecule has 6 rings (SSSR count). The standard InChI is InChI=1S/C27H32FN5O7/c28-27(11-5-7-13-37-27)38-14-18-22(40-19-10-4-6-12-36-19)21(34)26(39-18)33-16-31-20-23(29-15-30-24(20)33)32-25(35)17-8-2-1-3-9-17/h1-3,8-9,15-16,18-19,21-22,26,34H,4-7,10-14H2,(H,29,30,32,35)/t18-,19?,21+,22-,26-,27?/m1/s1. The molecule has 214 valence electrons. The van der Waals surface area contributed by atoms with Crippen LogP contribution in [0.5, 0.6) is 0 Å². The van der Waals surface area contributed by atoms with Gasteiger partial charge in [-0.1, -0.05) is 18.2 Å². The zero-order valence-corrected chi connectivity index (χ0v) is 21.9. The number of imidazole rings is 1. The summed E-state index contributed by atoms with van der Waals surface area (Å²) in [6.45, 7) is 0.620. The molecular formula is C27H32FN5O7. The van der Waals surface area contributed by atoms with Gasteiger partial charge >= 0.3 is 6.04 Å². The molecule has 6 atom stereocenters. The summed E-state index contributed by atoms with van der Waals surface area (Å²) >= 11 is 0. The molecule has 40 heavy (non-hydrogen) atoms. The Morgan fingerprint density at radius 3 is 2.77 bits per heavy atom. The van der Waals surface area contributed by atoms with E-state index >= 15 is 4.39 Å². The highest BCUT2D eigenvalue weighted by atomic mass is 19.2. The summed E-state index contributed by atoms with van der Waals surface area (Å²) in [4.78, 5) is 25.6. The predicted molar refractivity (Wildman–Crippen MR) is 138 cm³/mol. The van der Waals surface area contributed by atoms with E-state index in [1.54, 1.807) is 28.8 Å². The van der Waals surface area contributed by atoms with E-state index in [9.17, 15) is 9.90 Å². The lowest BCUT2D eigenvalue weighted by Gasteiger charge is -2.32. The van der Waals surface area contributed by atoms with Crippen LogP contribution in [0.15, 0.2) is 43.0 Å². The number of carbonyl (C=O) groups is 1. The maximum absolute atomic E-state index is 15.1. The number of aliphatic hydroxyl groups excluding tert-OH is 1. The van der Waals surface area contributed by atoms with Gasteiger partial charge in [-0.05, 0) is 44.2 Å². The smallest absolute Gasteiger partial charge is 0.320 e. The van der Waals surface area contributed by atoms with Crippen LogP contribution in [0.1, 0.15) is 55.1 Å². The minimum absolute atomic E-state index is 0.115. The number of carbonyl (C=O) groups excluding carboxylic acids is 1. The predicted octanol–water partition coefficient (Wildman–Crippen LogP) is 3.09. The van der Waals surface area contributed by atoms with Crippen LogP contribution < -0.4 is 5.32 Å². The molecule has 2 unspecified atom stereocenters. The number of hydrogen-bond donors (Lipinski definition) is 2. The number of benzene rings is 1. The molecule has 12 nitrogen and oxygen atoms in total. The Morgan fingerprint density at radius 1 is 1.15 bits per heavy atom. The summed E-state index contributed by atoms with van der Waals surface area (Å²) in [7, 11) is 0. The van der Waals surface area contributed by atoms with Gasteiger partial charge in [-0.25, -0.2) is 15.0 Å². The van der Waals surface area contributed by atoms with E-state index in [1.807, 2.05) is 6.07 Å². The zero-order chi connectivity index (χ0) is 27.5. The van der Waals surface area contributed by atoms with E-state index in [0.29, 0.717) is 36.2 Å². The second kappa shape index (κ2) is 11.8. The molecule has 3 aliphatic rings. The van der Waals surface area contributed by atoms with Crippen molar-refractivity contribution >= 4 is 22.9 Å². The number of anilines is 1. The third kappa shape index (κ3) is 5.71. The molecule has 1 amide bonds. The number of ether oxygens (including phenoxy) is 5. The Balaban J connectivity index is 1.23. The number of aromatic nitrogens is 4.